The Morgan fingerprint density at radius 2 is 1.68 bits per heavy atom. The zero-order chi connectivity index (χ0) is 27.5. The average Bonchev–Trinajstić information content (AvgIpc) is 2.88. The van der Waals surface area contributed by atoms with Gasteiger partial charge in [0.1, 0.15) is 24.2 Å². The molecule has 1 aliphatic heterocycles. The maximum atomic E-state index is 13.2. The van der Waals surface area contributed by atoms with Crippen molar-refractivity contribution in [2.24, 2.45) is 11.8 Å². The van der Waals surface area contributed by atoms with E-state index in [2.05, 4.69) is 28.9 Å². The van der Waals surface area contributed by atoms with Gasteiger partial charge in [-0.15, -0.1) is 0 Å². The first-order valence-electron chi connectivity index (χ1n) is 13.2. The number of hydrogen-bond acceptors (Lipinski definition) is 6. The normalized spacial score (nSPS) is 25.1. The van der Waals surface area contributed by atoms with E-state index in [0.29, 0.717) is 12.0 Å². The second-order valence-electron chi connectivity index (χ2n) is 10.0. The molecule has 0 saturated carbocycles. The molecule has 1 saturated heterocycles. The summed E-state index contributed by atoms with van der Waals surface area (Å²) in [5, 5.41) is 17.2. The molecule has 6 atom stereocenters. The molecule has 2 rings (SSSR count). The number of carbonyl (C=O) groups is 4. The van der Waals surface area contributed by atoms with E-state index in [1.807, 2.05) is 20.8 Å². The lowest BCUT2D eigenvalue weighted by Crippen LogP contribution is -2.55. The van der Waals surface area contributed by atoms with Gasteiger partial charge in [0.15, 0.2) is 0 Å². The van der Waals surface area contributed by atoms with Crippen molar-refractivity contribution in [2.75, 3.05) is 0 Å². The molecular formula is C28H40N4O5. The van der Waals surface area contributed by atoms with Crippen molar-refractivity contribution in [1.29, 1.82) is 5.26 Å². The first-order valence-corrected chi connectivity index (χ1v) is 13.2. The first-order chi connectivity index (χ1) is 17.6. The van der Waals surface area contributed by atoms with Gasteiger partial charge in [0.25, 0.3) is 0 Å². The molecule has 37 heavy (non-hydrogen) atoms. The summed E-state index contributed by atoms with van der Waals surface area (Å²) in [5.41, 5.74) is 1.23. The highest BCUT2D eigenvalue weighted by molar-refractivity contribution is 5.94. The maximum Gasteiger partial charge on any atom is 0.329 e. The van der Waals surface area contributed by atoms with Crippen LogP contribution in [0.3, 0.4) is 0 Å². The van der Waals surface area contributed by atoms with Gasteiger partial charge in [0.05, 0.1) is 18.1 Å². The minimum atomic E-state index is -0.955. The molecular weight excluding hydrogens is 472 g/mol. The largest absolute Gasteiger partial charge is 0.460 e. The van der Waals surface area contributed by atoms with Gasteiger partial charge in [-0.3, -0.25) is 14.4 Å². The van der Waals surface area contributed by atoms with E-state index in [4.69, 9.17) is 10.00 Å². The van der Waals surface area contributed by atoms with Crippen LogP contribution < -0.4 is 16.0 Å². The number of ether oxygens (including phenoxy) is 1. The Labute approximate surface area is 219 Å². The zero-order valence-corrected chi connectivity index (χ0v) is 22.5. The Hall–Kier alpha value is -3.41. The van der Waals surface area contributed by atoms with E-state index in [1.54, 1.807) is 24.3 Å². The van der Waals surface area contributed by atoms with E-state index in [-0.39, 0.29) is 24.7 Å². The fourth-order valence-electron chi connectivity index (χ4n) is 4.22. The molecule has 9 heteroatoms. The van der Waals surface area contributed by atoms with Gasteiger partial charge >= 0.3 is 5.97 Å². The summed E-state index contributed by atoms with van der Waals surface area (Å²) in [6.07, 6.45) is 2.67. The van der Waals surface area contributed by atoms with Gasteiger partial charge < -0.3 is 20.7 Å². The Kier molecular flexibility index (Phi) is 11.6. The maximum absolute atomic E-state index is 13.2. The monoisotopic (exact) mass is 512 g/mol. The molecule has 9 nitrogen and oxygen atoms in total. The van der Waals surface area contributed by atoms with Gasteiger partial charge in [-0.1, -0.05) is 59.1 Å². The van der Waals surface area contributed by atoms with Gasteiger partial charge in [0.2, 0.25) is 17.7 Å². The molecule has 1 aromatic rings. The van der Waals surface area contributed by atoms with Crippen LogP contribution in [0.2, 0.25) is 0 Å². The van der Waals surface area contributed by atoms with Crippen molar-refractivity contribution < 1.29 is 23.9 Å². The minimum absolute atomic E-state index is 0.0854. The Balaban J connectivity index is 2.38. The van der Waals surface area contributed by atoms with Crippen molar-refractivity contribution in [1.82, 2.24) is 16.0 Å². The molecule has 0 bridgehead atoms. The summed E-state index contributed by atoms with van der Waals surface area (Å²) in [6, 6.07) is 6.00. The van der Waals surface area contributed by atoms with Crippen LogP contribution in [0.4, 0.5) is 0 Å². The average molecular weight is 513 g/mol. The van der Waals surface area contributed by atoms with Crippen LogP contribution in [0.25, 0.3) is 0 Å². The van der Waals surface area contributed by atoms with Crippen LogP contribution in [-0.4, -0.2) is 47.9 Å². The summed E-state index contributed by atoms with van der Waals surface area (Å²) in [7, 11) is 0. The summed E-state index contributed by atoms with van der Waals surface area (Å²) >= 11 is 0. The molecule has 0 aliphatic carbocycles. The van der Waals surface area contributed by atoms with E-state index in [0.717, 1.165) is 24.8 Å². The van der Waals surface area contributed by atoms with E-state index in [1.165, 1.54) is 6.92 Å². The molecule has 1 heterocycles. The zero-order valence-electron chi connectivity index (χ0n) is 22.5. The molecule has 3 N–H and O–H groups in total. The SMILES string of the molecule is CCCC[C@H](C)[C@H]1CC(=O)N[C@@H](Cc2ccc(C#N)cc2)C(=O)N[C@@H](C)C(=O)N[C@@H]([C@H](C)CC)C(=O)O1. The standard InChI is InChI=1S/C28H40N4O5/c1-6-8-9-18(4)23-15-24(33)31-22(14-20-10-12-21(16-29)13-11-20)27(35)30-19(5)26(34)32-25(17(3)7-2)28(36)37-23/h10-13,17-19,22-23,25H,6-9,14-15H2,1-5H3,(H,30,35)(H,31,33)(H,32,34)/t17-,18+,19+,22+,23-,25+/m1/s1. The minimum Gasteiger partial charge on any atom is -0.460 e. The molecule has 0 radical (unpaired) electrons. The number of esters is 1. The highest BCUT2D eigenvalue weighted by atomic mass is 16.5. The Morgan fingerprint density at radius 1 is 1.00 bits per heavy atom. The van der Waals surface area contributed by atoms with Gasteiger partial charge in [-0.2, -0.15) is 5.26 Å². The highest BCUT2D eigenvalue weighted by Gasteiger charge is 2.35. The van der Waals surface area contributed by atoms with Crippen LogP contribution in [0.1, 0.15) is 77.8 Å². The Bertz CT molecular complexity index is 987. The Morgan fingerprint density at radius 3 is 2.27 bits per heavy atom. The third-order valence-electron chi connectivity index (χ3n) is 6.99. The smallest absolute Gasteiger partial charge is 0.329 e. The number of nitriles is 1. The summed E-state index contributed by atoms with van der Waals surface area (Å²) in [6.45, 7) is 9.31. The van der Waals surface area contributed by atoms with E-state index >= 15 is 0 Å². The van der Waals surface area contributed by atoms with Crippen LogP contribution in [0.5, 0.6) is 0 Å². The van der Waals surface area contributed by atoms with Gasteiger partial charge in [0, 0.05) is 6.42 Å². The summed E-state index contributed by atoms with van der Waals surface area (Å²) in [4.78, 5) is 52.5. The van der Waals surface area contributed by atoms with Crippen LogP contribution in [0, 0.1) is 23.2 Å². The lowest BCUT2D eigenvalue weighted by Gasteiger charge is -2.29. The third-order valence-corrected chi connectivity index (χ3v) is 6.99. The topological polar surface area (TPSA) is 137 Å². The molecule has 0 unspecified atom stereocenters. The van der Waals surface area contributed by atoms with Crippen LogP contribution in [-0.2, 0) is 30.3 Å². The van der Waals surface area contributed by atoms with Crippen molar-refractivity contribution in [3.05, 3.63) is 35.4 Å². The highest BCUT2D eigenvalue weighted by Crippen LogP contribution is 2.21. The first kappa shape index (κ1) is 29.8. The predicted octanol–water partition coefficient (Wildman–Crippen LogP) is 2.76. The summed E-state index contributed by atoms with van der Waals surface area (Å²) < 4.78 is 5.87. The molecule has 1 aromatic carbocycles. The lowest BCUT2D eigenvalue weighted by molar-refractivity contribution is -0.158. The number of cyclic esters (lactones) is 1. The van der Waals surface area contributed by atoms with Gasteiger partial charge in [-0.25, -0.2) is 4.79 Å². The molecule has 1 aliphatic rings. The fourth-order valence-corrected chi connectivity index (χ4v) is 4.22. The van der Waals surface area contributed by atoms with Crippen molar-refractivity contribution in [3.8, 4) is 6.07 Å². The summed E-state index contributed by atoms with van der Waals surface area (Å²) in [5.74, 6) is -2.29. The lowest BCUT2D eigenvalue weighted by atomic mass is 9.94. The number of hydrogen-bond donors (Lipinski definition) is 3. The quantitative estimate of drug-likeness (QED) is 0.458. The second kappa shape index (κ2) is 14.4. The van der Waals surface area contributed by atoms with Crippen LogP contribution >= 0.6 is 0 Å². The van der Waals surface area contributed by atoms with Crippen molar-refractivity contribution >= 4 is 23.7 Å². The number of nitrogens with one attached hydrogen (secondary N) is 3. The number of amides is 3. The number of rotatable bonds is 8. The number of benzene rings is 1. The van der Waals surface area contributed by atoms with Crippen molar-refractivity contribution in [2.45, 2.75) is 97.4 Å². The van der Waals surface area contributed by atoms with E-state index in [9.17, 15) is 19.2 Å². The number of nitrogens with zero attached hydrogens (tertiary/aromatic N) is 1. The predicted molar refractivity (Wildman–Crippen MR) is 139 cm³/mol. The number of unbranched alkanes of at least 4 members (excludes halogenated alkanes) is 1. The second-order valence-corrected chi connectivity index (χ2v) is 10.0. The van der Waals surface area contributed by atoms with Gasteiger partial charge in [-0.05, 0) is 42.9 Å². The molecule has 202 valence electrons. The fraction of sp³-hybridized carbons (Fsp3) is 0.607. The molecule has 0 spiro atoms. The number of carbonyl (C=O) groups excluding carboxylic acids is 4. The van der Waals surface area contributed by atoms with Crippen LogP contribution in [0.15, 0.2) is 24.3 Å². The molecule has 3 amide bonds. The molecule has 0 aromatic heterocycles. The van der Waals surface area contributed by atoms with E-state index < -0.39 is 47.9 Å². The molecule has 1 fully saturated rings. The van der Waals surface area contributed by atoms with Crippen molar-refractivity contribution in [3.63, 3.8) is 0 Å². The third kappa shape index (κ3) is 8.88.